The molecule has 71 heavy (non-hydrogen) atoms. The van der Waals surface area contributed by atoms with Crippen LogP contribution in [-0.2, 0) is 0 Å². The van der Waals surface area contributed by atoms with E-state index in [1.807, 2.05) is 121 Å². The average Bonchev–Trinajstić information content (AvgIpc) is 3.99. The van der Waals surface area contributed by atoms with Gasteiger partial charge in [-0.25, -0.2) is 8.78 Å². The van der Waals surface area contributed by atoms with Crippen LogP contribution in [0.2, 0.25) is 0 Å². The molecule has 0 aliphatic carbocycles. The number of benzene rings is 11. The van der Waals surface area contributed by atoms with Crippen molar-refractivity contribution in [2.75, 3.05) is 9.80 Å². The molecular weight excluding hydrogens is 883 g/mol. The predicted octanol–water partition coefficient (Wildman–Crippen LogP) is 18.6. The summed E-state index contributed by atoms with van der Waals surface area (Å²) >= 11 is 0. The van der Waals surface area contributed by atoms with E-state index in [2.05, 4.69) is 76.5 Å². The Morgan fingerprint density at radius 1 is 0.324 bits per heavy atom. The molecule has 0 saturated carbocycles. The third-order valence-corrected chi connectivity index (χ3v) is 13.5. The van der Waals surface area contributed by atoms with Crippen LogP contribution in [0.3, 0.4) is 0 Å². The van der Waals surface area contributed by atoms with Gasteiger partial charge >= 0.3 is 0 Å². The van der Waals surface area contributed by atoms with Crippen molar-refractivity contribution in [3.8, 4) is 39.1 Å². The average molecular weight is 923 g/mol. The zero-order valence-electron chi connectivity index (χ0n) is 37.9. The van der Waals surface area contributed by atoms with E-state index in [4.69, 9.17) is 8.83 Å². The molecule has 0 amide bonds. The van der Waals surface area contributed by atoms with E-state index >= 15 is 0 Å². The molecule has 7 heteroatoms. The molecule has 2 heterocycles. The highest BCUT2D eigenvalue weighted by atomic mass is 19.1. The normalized spacial score (nSPS) is 11.6. The summed E-state index contributed by atoms with van der Waals surface area (Å²) in [6.07, 6.45) is 0. The fraction of sp³-hybridized carbons (Fsp3) is 0. The number of halogens is 2. The summed E-state index contributed by atoms with van der Waals surface area (Å²) in [5.41, 5.74) is 12.6. The largest absolute Gasteiger partial charge is 0.507 e. The van der Waals surface area contributed by atoms with Crippen molar-refractivity contribution in [2.24, 2.45) is 0 Å². The van der Waals surface area contributed by atoms with Crippen LogP contribution < -0.4 is 9.80 Å². The first-order valence-corrected chi connectivity index (χ1v) is 23.4. The molecule has 0 spiro atoms. The van der Waals surface area contributed by atoms with E-state index < -0.39 is 0 Å². The van der Waals surface area contributed by atoms with Crippen LogP contribution in [0.1, 0.15) is 0 Å². The second-order valence-corrected chi connectivity index (χ2v) is 17.6. The van der Waals surface area contributed by atoms with Gasteiger partial charge in [0.1, 0.15) is 34.1 Å². The number of aromatic hydroxyl groups is 1. The highest BCUT2D eigenvalue weighted by Gasteiger charge is 2.25. The quantitative estimate of drug-likeness (QED) is 0.156. The van der Waals surface area contributed by atoms with Crippen LogP contribution in [0.25, 0.3) is 88.0 Å². The zero-order valence-corrected chi connectivity index (χ0v) is 37.9. The first-order valence-electron chi connectivity index (χ1n) is 23.4. The van der Waals surface area contributed by atoms with Gasteiger partial charge in [-0.3, -0.25) is 0 Å². The van der Waals surface area contributed by atoms with Gasteiger partial charge < -0.3 is 23.7 Å². The number of furan rings is 2. The summed E-state index contributed by atoms with van der Waals surface area (Å²) in [5, 5.41) is 17.5. The smallest absolute Gasteiger partial charge is 0.159 e. The fourth-order valence-electron chi connectivity index (χ4n) is 10.2. The van der Waals surface area contributed by atoms with E-state index in [9.17, 15) is 13.9 Å². The van der Waals surface area contributed by atoms with E-state index in [-0.39, 0.29) is 17.4 Å². The van der Waals surface area contributed by atoms with Gasteiger partial charge in [-0.2, -0.15) is 0 Å². The number of nitrogens with zero attached hydrogens (tertiary/aromatic N) is 2. The number of anilines is 6. The monoisotopic (exact) mass is 922 g/mol. The molecule has 0 fully saturated rings. The molecule has 0 radical (unpaired) electrons. The summed E-state index contributed by atoms with van der Waals surface area (Å²) < 4.78 is 43.2. The Hall–Kier alpha value is -9.46. The van der Waals surface area contributed by atoms with Crippen molar-refractivity contribution in [3.05, 3.63) is 248 Å². The number of hydrogen-bond donors (Lipinski definition) is 1. The molecule has 0 unspecified atom stereocenters. The number of hydrogen-bond acceptors (Lipinski definition) is 5. The molecule has 0 aliphatic heterocycles. The van der Waals surface area contributed by atoms with Crippen LogP contribution in [0, 0.1) is 11.6 Å². The molecule has 11 aromatic carbocycles. The van der Waals surface area contributed by atoms with Gasteiger partial charge in [0, 0.05) is 72.8 Å². The van der Waals surface area contributed by atoms with Gasteiger partial charge in [-0.05, 0) is 101 Å². The highest BCUT2D eigenvalue weighted by molar-refractivity contribution is 6.23. The Morgan fingerprint density at radius 2 is 0.831 bits per heavy atom. The SMILES string of the molecule is Oc1c(-c2ccccc2)cccc1-c1cccc(N(c2ccc(F)cc2)c2cc3oc4cc(N(c5ccc(F)cc5)c5cccc6c5oc5c(-c7ccccc7)cccc56)ccc4c3c3ccccc23)c1. The molecule has 0 bridgehead atoms. The Kier molecular flexibility index (Phi) is 9.95. The van der Waals surface area contributed by atoms with Gasteiger partial charge in [-0.1, -0.05) is 146 Å². The van der Waals surface area contributed by atoms with Crippen molar-refractivity contribution in [1.29, 1.82) is 0 Å². The molecule has 0 atom stereocenters. The van der Waals surface area contributed by atoms with Gasteiger partial charge in [0.05, 0.1) is 17.1 Å². The standard InChI is InChI=1S/C64H40F2N2O3/c65-43-27-31-45(32-28-43)67(57-26-12-25-55-54-24-11-23-51(63(54)71-64(55)57)41-15-5-2-6-16-41)48-35-36-56-59(38-48)70-60-39-58(52-19-7-8-20-53(52)61(56)60)68(46-33-29-44(66)30-34-46)47-18-9-17-42(37-47)50-22-10-21-49(62(50)69)40-13-3-1-4-14-40/h1-39,69H. The van der Waals surface area contributed by atoms with Crippen LogP contribution >= 0.6 is 0 Å². The summed E-state index contributed by atoms with van der Waals surface area (Å²) in [6, 6.07) is 75.7. The maximum absolute atomic E-state index is 14.7. The molecule has 0 saturated heterocycles. The van der Waals surface area contributed by atoms with Gasteiger partial charge in [0.2, 0.25) is 0 Å². The molecule has 13 rings (SSSR count). The van der Waals surface area contributed by atoms with E-state index in [0.29, 0.717) is 22.3 Å². The van der Waals surface area contributed by atoms with Crippen LogP contribution in [0.4, 0.5) is 42.9 Å². The van der Waals surface area contributed by atoms with Crippen molar-refractivity contribution >= 4 is 88.8 Å². The minimum Gasteiger partial charge on any atom is -0.507 e. The number of para-hydroxylation sites is 3. The van der Waals surface area contributed by atoms with Gasteiger partial charge in [-0.15, -0.1) is 0 Å². The number of phenolic OH excluding ortho intramolecular Hbond substituents is 1. The maximum Gasteiger partial charge on any atom is 0.159 e. The molecule has 13 aromatic rings. The first-order chi connectivity index (χ1) is 34.9. The molecule has 5 nitrogen and oxygen atoms in total. The lowest BCUT2D eigenvalue weighted by atomic mass is 9.96. The van der Waals surface area contributed by atoms with E-state index in [0.717, 1.165) is 99.8 Å². The third kappa shape index (κ3) is 7.13. The van der Waals surface area contributed by atoms with Crippen molar-refractivity contribution in [2.45, 2.75) is 0 Å². The van der Waals surface area contributed by atoms with Gasteiger partial charge in [0.25, 0.3) is 0 Å². The lowest BCUT2D eigenvalue weighted by molar-refractivity contribution is 0.479. The van der Waals surface area contributed by atoms with Gasteiger partial charge in [0.15, 0.2) is 5.58 Å². The summed E-state index contributed by atoms with van der Waals surface area (Å²) in [6.45, 7) is 0. The van der Waals surface area contributed by atoms with Crippen LogP contribution in [0.5, 0.6) is 5.75 Å². The maximum atomic E-state index is 14.7. The summed E-state index contributed by atoms with van der Waals surface area (Å²) in [7, 11) is 0. The zero-order chi connectivity index (χ0) is 47.6. The van der Waals surface area contributed by atoms with Crippen molar-refractivity contribution in [3.63, 3.8) is 0 Å². The molecule has 338 valence electrons. The highest BCUT2D eigenvalue weighted by Crippen LogP contribution is 2.49. The molecule has 0 aliphatic rings. The Morgan fingerprint density at radius 3 is 1.54 bits per heavy atom. The Bertz CT molecular complexity index is 4150. The fourth-order valence-corrected chi connectivity index (χ4v) is 10.2. The van der Waals surface area contributed by atoms with Crippen LogP contribution in [-0.4, -0.2) is 5.11 Å². The molecule has 1 N–H and O–H groups in total. The second kappa shape index (κ2) is 16.9. The Balaban J connectivity index is 0.982. The Labute approximate surface area is 406 Å². The first kappa shape index (κ1) is 41.7. The lowest BCUT2D eigenvalue weighted by Gasteiger charge is -2.27. The predicted molar refractivity (Wildman–Crippen MR) is 286 cm³/mol. The van der Waals surface area contributed by atoms with Crippen LogP contribution in [0.15, 0.2) is 245 Å². The van der Waals surface area contributed by atoms with E-state index in [1.165, 1.54) is 24.3 Å². The minimum atomic E-state index is -0.346. The van der Waals surface area contributed by atoms with E-state index in [1.54, 1.807) is 24.3 Å². The second-order valence-electron chi connectivity index (χ2n) is 17.6. The van der Waals surface area contributed by atoms with Crippen molar-refractivity contribution < 1.29 is 22.7 Å². The number of phenols is 1. The number of fused-ring (bicyclic) bond motifs is 8. The summed E-state index contributed by atoms with van der Waals surface area (Å²) in [5.74, 6) is -0.501. The molecule has 2 aromatic heterocycles. The third-order valence-electron chi connectivity index (χ3n) is 13.5. The lowest BCUT2D eigenvalue weighted by Crippen LogP contribution is -2.10. The molecular formula is C64H40F2N2O3. The minimum absolute atomic E-state index is 0.183. The van der Waals surface area contributed by atoms with Crippen molar-refractivity contribution in [1.82, 2.24) is 0 Å². The number of rotatable bonds is 9. The summed E-state index contributed by atoms with van der Waals surface area (Å²) in [4.78, 5) is 4.19. The topological polar surface area (TPSA) is 53.0 Å².